The van der Waals surface area contributed by atoms with Crippen LogP contribution in [-0.4, -0.2) is 25.9 Å². The summed E-state index contributed by atoms with van der Waals surface area (Å²) in [5.74, 6) is -0.280. The fourth-order valence-electron chi connectivity index (χ4n) is 1.23. The topological polar surface area (TPSA) is 58.2 Å². The van der Waals surface area contributed by atoms with E-state index in [1.165, 1.54) is 12.2 Å². The predicted octanol–water partition coefficient (Wildman–Crippen LogP) is 1.20. The van der Waals surface area contributed by atoms with Crippen molar-refractivity contribution in [1.29, 1.82) is 0 Å². The molecule has 2 amide bonds. The molecular weight excluding hydrogens is 228 g/mol. The largest absolute Gasteiger partial charge is 0.356 e. The van der Waals surface area contributed by atoms with Gasteiger partial charge in [0, 0.05) is 26.2 Å². The van der Waals surface area contributed by atoms with E-state index < -0.39 is 0 Å². The molecule has 0 aliphatic heterocycles. The van der Waals surface area contributed by atoms with E-state index in [9.17, 15) is 9.59 Å². The second-order valence-corrected chi connectivity index (χ2v) is 3.56. The van der Waals surface area contributed by atoms with Gasteiger partial charge in [-0.1, -0.05) is 24.3 Å². The highest BCUT2D eigenvalue weighted by molar-refractivity contribution is 5.92. The molecule has 0 unspecified atom stereocenters. The Hall–Kier alpha value is -2.36. The Balaban J connectivity index is 2.68. The molecule has 0 heterocycles. The molecule has 0 aromatic heterocycles. The Morgan fingerprint density at radius 3 is 1.44 bits per heavy atom. The van der Waals surface area contributed by atoms with Gasteiger partial charge >= 0.3 is 0 Å². The van der Waals surface area contributed by atoms with Crippen molar-refractivity contribution in [3.05, 3.63) is 47.5 Å². The van der Waals surface area contributed by atoms with Crippen LogP contribution in [0.1, 0.15) is 11.1 Å². The van der Waals surface area contributed by atoms with Gasteiger partial charge in [0.15, 0.2) is 0 Å². The molecule has 94 valence electrons. The highest BCUT2D eigenvalue weighted by Gasteiger charge is 1.92. The Bertz CT molecular complexity index is 428. The maximum atomic E-state index is 11.0. The number of benzene rings is 1. The molecule has 0 fully saturated rings. The quantitative estimate of drug-likeness (QED) is 0.782. The molecule has 0 radical (unpaired) electrons. The Morgan fingerprint density at radius 1 is 0.833 bits per heavy atom. The number of likely N-dealkylation sites (N-methyl/N-ethyl adjacent to an activating group) is 2. The Kier molecular flexibility index (Phi) is 5.38. The van der Waals surface area contributed by atoms with E-state index >= 15 is 0 Å². The first-order valence-corrected chi connectivity index (χ1v) is 5.55. The van der Waals surface area contributed by atoms with Crippen LogP contribution in [0.3, 0.4) is 0 Å². The molecule has 0 spiro atoms. The molecule has 0 saturated heterocycles. The average molecular weight is 244 g/mol. The van der Waals surface area contributed by atoms with Gasteiger partial charge in [0.2, 0.25) is 11.8 Å². The van der Waals surface area contributed by atoms with E-state index in [4.69, 9.17) is 0 Å². The van der Waals surface area contributed by atoms with Gasteiger partial charge in [-0.15, -0.1) is 0 Å². The lowest BCUT2D eigenvalue weighted by Crippen LogP contribution is -2.13. The molecule has 1 aromatic carbocycles. The van der Waals surface area contributed by atoms with Crippen LogP contribution in [0, 0.1) is 0 Å². The van der Waals surface area contributed by atoms with Gasteiger partial charge in [0.1, 0.15) is 0 Å². The number of hydrogen-bond acceptors (Lipinski definition) is 2. The molecule has 0 atom stereocenters. The highest BCUT2D eigenvalue weighted by Crippen LogP contribution is 2.07. The number of hydrogen-bond donors (Lipinski definition) is 2. The van der Waals surface area contributed by atoms with Crippen LogP contribution in [0.15, 0.2) is 36.4 Å². The number of carbonyl (C=O) groups is 2. The molecule has 1 rings (SSSR count). The second-order valence-electron chi connectivity index (χ2n) is 3.56. The summed E-state index contributed by atoms with van der Waals surface area (Å²) in [6, 6.07) is 7.51. The van der Waals surface area contributed by atoms with Gasteiger partial charge < -0.3 is 10.6 Å². The number of carbonyl (C=O) groups excluding carboxylic acids is 2. The van der Waals surface area contributed by atoms with Crippen molar-refractivity contribution in [1.82, 2.24) is 10.6 Å². The minimum Gasteiger partial charge on any atom is -0.356 e. The van der Waals surface area contributed by atoms with E-state index in [0.29, 0.717) is 0 Å². The van der Waals surface area contributed by atoms with Gasteiger partial charge in [-0.2, -0.15) is 0 Å². The van der Waals surface area contributed by atoms with Crippen molar-refractivity contribution in [2.75, 3.05) is 14.1 Å². The zero-order valence-electron chi connectivity index (χ0n) is 10.4. The maximum Gasteiger partial charge on any atom is 0.243 e. The summed E-state index contributed by atoms with van der Waals surface area (Å²) in [4.78, 5) is 22.0. The minimum absolute atomic E-state index is 0.140. The lowest BCUT2D eigenvalue weighted by molar-refractivity contribution is -0.116. The SMILES string of the molecule is CNC(=O)/C=C/c1ccc(/C=C/C(=O)NC)cc1. The zero-order valence-corrected chi connectivity index (χ0v) is 10.4. The average Bonchev–Trinajstić information content (AvgIpc) is 2.43. The Labute approximate surface area is 106 Å². The molecule has 0 aliphatic carbocycles. The van der Waals surface area contributed by atoms with Crippen molar-refractivity contribution < 1.29 is 9.59 Å². The number of rotatable bonds is 4. The lowest BCUT2D eigenvalue weighted by Gasteiger charge is -1.96. The van der Waals surface area contributed by atoms with Crippen LogP contribution >= 0.6 is 0 Å². The van der Waals surface area contributed by atoms with Crippen molar-refractivity contribution in [3.63, 3.8) is 0 Å². The summed E-state index contributed by atoms with van der Waals surface area (Å²) in [7, 11) is 3.17. The number of amides is 2. The third-order valence-corrected chi connectivity index (χ3v) is 2.28. The minimum atomic E-state index is -0.140. The van der Waals surface area contributed by atoms with Crippen LogP contribution < -0.4 is 10.6 Å². The summed E-state index contributed by atoms with van der Waals surface area (Å²) in [6.07, 6.45) is 6.39. The standard InChI is InChI=1S/C14H16N2O2/c1-15-13(17)9-7-11-3-5-12(6-4-11)8-10-14(18)16-2/h3-10H,1-2H3,(H,15,17)(H,16,18)/b9-7+,10-8+. The Morgan fingerprint density at radius 2 is 1.17 bits per heavy atom. The van der Waals surface area contributed by atoms with Gasteiger partial charge in [0.25, 0.3) is 0 Å². The summed E-state index contributed by atoms with van der Waals surface area (Å²) >= 11 is 0. The van der Waals surface area contributed by atoms with Crippen LogP contribution in [0.5, 0.6) is 0 Å². The van der Waals surface area contributed by atoms with E-state index in [2.05, 4.69) is 10.6 Å². The van der Waals surface area contributed by atoms with Crippen molar-refractivity contribution >= 4 is 24.0 Å². The van der Waals surface area contributed by atoms with E-state index in [1.807, 2.05) is 24.3 Å². The first-order chi connectivity index (χ1) is 8.65. The maximum absolute atomic E-state index is 11.0. The smallest absolute Gasteiger partial charge is 0.243 e. The number of nitrogens with one attached hydrogen (secondary N) is 2. The second kappa shape index (κ2) is 7.06. The van der Waals surface area contributed by atoms with Crippen LogP contribution in [-0.2, 0) is 9.59 Å². The molecular formula is C14H16N2O2. The summed E-state index contributed by atoms with van der Waals surface area (Å²) in [6.45, 7) is 0. The highest BCUT2D eigenvalue weighted by atomic mass is 16.2. The lowest BCUT2D eigenvalue weighted by atomic mass is 10.1. The first kappa shape index (κ1) is 13.7. The van der Waals surface area contributed by atoms with E-state index in [0.717, 1.165) is 11.1 Å². The van der Waals surface area contributed by atoms with Gasteiger partial charge in [0.05, 0.1) is 0 Å². The first-order valence-electron chi connectivity index (χ1n) is 5.55. The molecule has 4 heteroatoms. The third kappa shape index (κ3) is 4.65. The summed E-state index contributed by atoms with van der Waals surface area (Å²) in [5, 5.41) is 5.01. The van der Waals surface area contributed by atoms with Crippen molar-refractivity contribution in [2.45, 2.75) is 0 Å². The molecule has 2 N–H and O–H groups in total. The molecule has 0 bridgehead atoms. The van der Waals surface area contributed by atoms with Crippen LogP contribution in [0.2, 0.25) is 0 Å². The molecule has 1 aromatic rings. The summed E-state index contributed by atoms with van der Waals surface area (Å²) < 4.78 is 0. The molecule has 18 heavy (non-hydrogen) atoms. The summed E-state index contributed by atoms with van der Waals surface area (Å²) in [5.41, 5.74) is 1.85. The van der Waals surface area contributed by atoms with Gasteiger partial charge in [-0.05, 0) is 23.3 Å². The van der Waals surface area contributed by atoms with Crippen LogP contribution in [0.4, 0.5) is 0 Å². The normalized spacial score (nSPS) is 10.8. The molecule has 0 aliphatic rings. The van der Waals surface area contributed by atoms with E-state index in [-0.39, 0.29) is 11.8 Å². The van der Waals surface area contributed by atoms with Crippen molar-refractivity contribution in [3.8, 4) is 0 Å². The zero-order chi connectivity index (χ0) is 13.4. The molecule has 0 saturated carbocycles. The fraction of sp³-hybridized carbons (Fsp3) is 0.143. The van der Waals surface area contributed by atoms with Crippen molar-refractivity contribution in [2.24, 2.45) is 0 Å². The molecule has 4 nitrogen and oxygen atoms in total. The monoisotopic (exact) mass is 244 g/mol. The van der Waals surface area contributed by atoms with E-state index in [1.54, 1.807) is 26.2 Å². The fourth-order valence-corrected chi connectivity index (χ4v) is 1.23. The van der Waals surface area contributed by atoms with Gasteiger partial charge in [-0.3, -0.25) is 9.59 Å². The van der Waals surface area contributed by atoms with Crippen LogP contribution in [0.25, 0.3) is 12.2 Å². The third-order valence-electron chi connectivity index (χ3n) is 2.28. The predicted molar refractivity (Wildman–Crippen MR) is 72.6 cm³/mol. The van der Waals surface area contributed by atoms with Gasteiger partial charge in [-0.25, -0.2) is 0 Å².